The lowest BCUT2D eigenvalue weighted by atomic mass is 10.1. The number of pyridine rings is 2. The first kappa shape index (κ1) is 17.8. The van der Waals surface area contributed by atoms with Crippen molar-refractivity contribution in [3.63, 3.8) is 0 Å². The molecular weight excluding hydrogens is 372 g/mol. The molecule has 1 amide bonds. The van der Waals surface area contributed by atoms with E-state index in [2.05, 4.69) is 20.3 Å². The van der Waals surface area contributed by atoms with Crippen LogP contribution in [0.4, 0.5) is 5.13 Å². The van der Waals surface area contributed by atoms with E-state index in [4.69, 9.17) is 4.74 Å². The van der Waals surface area contributed by atoms with Crippen LogP contribution in [0, 0.1) is 0 Å². The van der Waals surface area contributed by atoms with Gasteiger partial charge in [0.25, 0.3) is 5.91 Å². The van der Waals surface area contributed by atoms with Gasteiger partial charge in [-0.3, -0.25) is 15.1 Å². The zero-order valence-corrected chi connectivity index (χ0v) is 15.8. The van der Waals surface area contributed by atoms with E-state index in [0.29, 0.717) is 33.7 Å². The molecule has 0 saturated carbocycles. The number of hydrogen-bond donors (Lipinski definition) is 1. The second kappa shape index (κ2) is 7.98. The van der Waals surface area contributed by atoms with Crippen molar-refractivity contribution in [1.29, 1.82) is 0 Å². The van der Waals surface area contributed by atoms with Gasteiger partial charge >= 0.3 is 0 Å². The van der Waals surface area contributed by atoms with Crippen LogP contribution in [-0.2, 0) is 0 Å². The number of carbonyl (C=O) groups excluding carboxylic acids is 1. The summed E-state index contributed by atoms with van der Waals surface area (Å²) in [6.07, 6.45) is 1.68. The first-order valence-corrected chi connectivity index (χ1v) is 9.41. The van der Waals surface area contributed by atoms with Crippen molar-refractivity contribution in [2.75, 3.05) is 12.4 Å². The molecule has 0 spiro atoms. The van der Waals surface area contributed by atoms with Gasteiger partial charge in [-0.05, 0) is 18.2 Å². The molecule has 0 radical (unpaired) electrons. The van der Waals surface area contributed by atoms with Crippen molar-refractivity contribution in [2.24, 2.45) is 0 Å². The van der Waals surface area contributed by atoms with E-state index < -0.39 is 0 Å². The van der Waals surface area contributed by atoms with E-state index in [1.165, 1.54) is 11.3 Å². The molecule has 0 fully saturated rings. The van der Waals surface area contributed by atoms with Crippen LogP contribution in [0.25, 0.3) is 22.6 Å². The molecule has 7 heteroatoms. The highest BCUT2D eigenvalue weighted by Gasteiger charge is 2.16. The van der Waals surface area contributed by atoms with Crippen LogP contribution >= 0.6 is 11.3 Å². The first-order valence-electron chi connectivity index (χ1n) is 8.53. The summed E-state index contributed by atoms with van der Waals surface area (Å²) in [5, 5.41) is 5.20. The van der Waals surface area contributed by atoms with Gasteiger partial charge in [-0.15, -0.1) is 11.3 Å². The standard InChI is InChI=1S/C21H16N4O2S/c1-27-18-11-5-10-16(23-18)17-13-28-21(24-17)25-20(26)15-9-6-12-22-19(15)14-7-3-2-4-8-14/h2-13H,1H3,(H,24,25,26). The largest absolute Gasteiger partial charge is 0.481 e. The summed E-state index contributed by atoms with van der Waals surface area (Å²) < 4.78 is 5.15. The first-order chi connectivity index (χ1) is 13.7. The molecule has 3 aromatic heterocycles. The maximum absolute atomic E-state index is 12.8. The molecule has 28 heavy (non-hydrogen) atoms. The second-order valence-corrected chi connectivity index (χ2v) is 6.68. The summed E-state index contributed by atoms with van der Waals surface area (Å²) in [6, 6.07) is 18.6. The number of anilines is 1. The molecule has 138 valence electrons. The Balaban J connectivity index is 1.58. The van der Waals surface area contributed by atoms with Crippen molar-refractivity contribution >= 4 is 22.4 Å². The third kappa shape index (κ3) is 3.74. The number of rotatable bonds is 5. The number of ether oxygens (including phenoxy) is 1. The van der Waals surface area contributed by atoms with Crippen LogP contribution in [0.15, 0.2) is 72.2 Å². The van der Waals surface area contributed by atoms with Gasteiger partial charge in [0.15, 0.2) is 5.13 Å². The highest BCUT2D eigenvalue weighted by atomic mass is 32.1. The minimum atomic E-state index is -0.258. The van der Waals surface area contributed by atoms with E-state index in [1.807, 2.05) is 47.8 Å². The maximum atomic E-state index is 12.8. The molecule has 1 N–H and O–H groups in total. The quantitative estimate of drug-likeness (QED) is 0.544. The van der Waals surface area contributed by atoms with E-state index >= 15 is 0 Å². The Hall–Kier alpha value is -3.58. The van der Waals surface area contributed by atoms with Gasteiger partial charge in [-0.25, -0.2) is 9.97 Å². The predicted octanol–water partition coefficient (Wildman–Crippen LogP) is 4.53. The van der Waals surface area contributed by atoms with Crippen LogP contribution < -0.4 is 10.1 Å². The minimum absolute atomic E-state index is 0.258. The third-order valence-electron chi connectivity index (χ3n) is 4.02. The van der Waals surface area contributed by atoms with E-state index in [0.717, 1.165) is 5.56 Å². The van der Waals surface area contributed by atoms with Gasteiger partial charge in [0.05, 0.1) is 24.1 Å². The Morgan fingerprint density at radius 2 is 1.82 bits per heavy atom. The van der Waals surface area contributed by atoms with Gasteiger partial charge in [-0.2, -0.15) is 0 Å². The lowest BCUT2D eigenvalue weighted by Crippen LogP contribution is -2.13. The number of hydrogen-bond acceptors (Lipinski definition) is 6. The molecule has 0 aliphatic heterocycles. The minimum Gasteiger partial charge on any atom is -0.481 e. The lowest BCUT2D eigenvalue weighted by molar-refractivity contribution is 0.102. The van der Waals surface area contributed by atoms with Crippen LogP contribution in [0.3, 0.4) is 0 Å². The fraction of sp³-hybridized carbons (Fsp3) is 0.0476. The molecule has 0 aliphatic carbocycles. The summed E-state index contributed by atoms with van der Waals surface area (Å²) in [7, 11) is 1.57. The number of nitrogens with zero attached hydrogens (tertiary/aromatic N) is 3. The Morgan fingerprint density at radius 1 is 0.964 bits per heavy atom. The monoisotopic (exact) mass is 388 g/mol. The van der Waals surface area contributed by atoms with Crippen LogP contribution in [0.5, 0.6) is 5.88 Å². The summed E-state index contributed by atoms with van der Waals surface area (Å²) in [4.78, 5) is 26.1. The number of nitrogens with one attached hydrogen (secondary N) is 1. The van der Waals surface area contributed by atoms with Gasteiger partial charge in [0.1, 0.15) is 5.69 Å². The number of benzene rings is 1. The number of carbonyl (C=O) groups is 1. The lowest BCUT2D eigenvalue weighted by Gasteiger charge is -2.08. The van der Waals surface area contributed by atoms with E-state index in [-0.39, 0.29) is 5.91 Å². The Morgan fingerprint density at radius 3 is 2.64 bits per heavy atom. The Bertz CT molecular complexity index is 1110. The third-order valence-corrected chi connectivity index (χ3v) is 4.78. The number of amides is 1. The molecule has 0 aliphatic rings. The SMILES string of the molecule is COc1cccc(-c2csc(NC(=O)c3cccnc3-c3ccccc3)n2)n1. The van der Waals surface area contributed by atoms with Crippen molar-refractivity contribution in [1.82, 2.24) is 15.0 Å². The zero-order valence-electron chi connectivity index (χ0n) is 15.0. The summed E-state index contributed by atoms with van der Waals surface area (Å²) in [5.74, 6) is 0.255. The average molecular weight is 388 g/mol. The van der Waals surface area contributed by atoms with E-state index in [1.54, 1.807) is 31.5 Å². The van der Waals surface area contributed by atoms with Gasteiger partial charge in [-0.1, -0.05) is 36.4 Å². The fourth-order valence-corrected chi connectivity index (χ4v) is 3.40. The molecule has 3 heterocycles. The Kier molecular flexibility index (Phi) is 5.07. The highest BCUT2D eigenvalue weighted by Crippen LogP contribution is 2.26. The fourth-order valence-electron chi connectivity index (χ4n) is 2.70. The van der Waals surface area contributed by atoms with Gasteiger partial charge in [0.2, 0.25) is 5.88 Å². The predicted molar refractivity (Wildman–Crippen MR) is 110 cm³/mol. The van der Waals surface area contributed by atoms with Crippen LogP contribution in [0.1, 0.15) is 10.4 Å². The van der Waals surface area contributed by atoms with Gasteiger partial charge < -0.3 is 4.74 Å². The molecule has 4 aromatic rings. The summed E-state index contributed by atoms with van der Waals surface area (Å²) in [5.41, 5.74) is 3.36. The average Bonchev–Trinajstić information content (AvgIpc) is 3.23. The maximum Gasteiger partial charge on any atom is 0.259 e. The van der Waals surface area contributed by atoms with Crippen molar-refractivity contribution in [2.45, 2.75) is 0 Å². The van der Waals surface area contributed by atoms with E-state index in [9.17, 15) is 4.79 Å². The molecule has 0 atom stereocenters. The molecule has 1 aromatic carbocycles. The number of aromatic nitrogens is 3. The molecule has 6 nitrogen and oxygen atoms in total. The van der Waals surface area contributed by atoms with Gasteiger partial charge in [0, 0.05) is 23.2 Å². The zero-order chi connectivity index (χ0) is 19.3. The molecule has 0 saturated heterocycles. The van der Waals surface area contributed by atoms with Crippen molar-refractivity contribution in [3.05, 3.63) is 77.8 Å². The number of methoxy groups -OCH3 is 1. The molecule has 0 unspecified atom stereocenters. The molecule has 0 bridgehead atoms. The van der Waals surface area contributed by atoms with Crippen LogP contribution in [0.2, 0.25) is 0 Å². The summed E-state index contributed by atoms with van der Waals surface area (Å²) in [6.45, 7) is 0. The van der Waals surface area contributed by atoms with Crippen LogP contribution in [-0.4, -0.2) is 28.0 Å². The molecular formula is C21H16N4O2S. The normalized spacial score (nSPS) is 10.5. The smallest absolute Gasteiger partial charge is 0.259 e. The number of thiazole rings is 1. The summed E-state index contributed by atoms with van der Waals surface area (Å²) >= 11 is 1.34. The van der Waals surface area contributed by atoms with Crippen molar-refractivity contribution in [3.8, 4) is 28.5 Å². The topological polar surface area (TPSA) is 77.0 Å². The molecule has 4 rings (SSSR count). The second-order valence-electron chi connectivity index (χ2n) is 5.82. The Labute approximate surface area is 165 Å². The van der Waals surface area contributed by atoms with Crippen molar-refractivity contribution < 1.29 is 9.53 Å². The highest BCUT2D eigenvalue weighted by molar-refractivity contribution is 7.14.